The minimum Gasteiger partial charge on any atom is -0.383 e. The fourth-order valence-corrected chi connectivity index (χ4v) is 1.66. The second-order valence-corrected chi connectivity index (χ2v) is 4.04. The third-order valence-corrected chi connectivity index (χ3v) is 2.66. The molecule has 0 bridgehead atoms. The number of hydrogen-bond acceptors (Lipinski definition) is 5. The fraction of sp³-hybridized carbons (Fsp3) is 0.417. The van der Waals surface area contributed by atoms with Crippen molar-refractivity contribution in [3.63, 3.8) is 0 Å². The first-order chi connectivity index (χ1) is 8.81. The molecule has 0 radical (unpaired) electrons. The van der Waals surface area contributed by atoms with E-state index in [1.54, 1.807) is 11.8 Å². The van der Waals surface area contributed by atoms with Crippen LogP contribution in [0.3, 0.4) is 0 Å². The Morgan fingerprint density at radius 1 is 1.28 bits per heavy atom. The fourth-order valence-electron chi connectivity index (χ4n) is 1.66. The van der Waals surface area contributed by atoms with Crippen molar-refractivity contribution >= 4 is 5.95 Å². The third-order valence-electron chi connectivity index (χ3n) is 2.66. The Bertz CT molecular complexity index is 470. The number of ether oxygens (including phenoxy) is 1. The van der Waals surface area contributed by atoms with Gasteiger partial charge in [0.25, 0.3) is 0 Å². The largest absolute Gasteiger partial charge is 0.383 e. The van der Waals surface area contributed by atoms with E-state index in [9.17, 15) is 0 Å². The van der Waals surface area contributed by atoms with Gasteiger partial charge in [-0.25, -0.2) is 4.68 Å². The summed E-state index contributed by atoms with van der Waals surface area (Å²) >= 11 is 0. The van der Waals surface area contributed by atoms with Crippen LogP contribution in [0.1, 0.15) is 5.56 Å². The van der Waals surface area contributed by atoms with Gasteiger partial charge in [-0.3, -0.25) is 0 Å². The molecule has 6 nitrogen and oxygen atoms in total. The van der Waals surface area contributed by atoms with E-state index in [2.05, 4.69) is 27.7 Å². The first-order valence-electron chi connectivity index (χ1n) is 5.81. The number of rotatable bonds is 6. The van der Waals surface area contributed by atoms with Crippen molar-refractivity contribution in [2.75, 3.05) is 32.2 Å². The Hall–Kier alpha value is -1.95. The lowest BCUT2D eigenvalue weighted by atomic mass is 10.2. The highest BCUT2D eigenvalue weighted by Gasteiger charge is 2.10. The number of aromatic nitrogens is 4. The van der Waals surface area contributed by atoms with Gasteiger partial charge < -0.3 is 9.64 Å². The zero-order chi connectivity index (χ0) is 12.8. The molecule has 1 heterocycles. The predicted octanol–water partition coefficient (Wildman–Crippen LogP) is 0.804. The van der Waals surface area contributed by atoms with Gasteiger partial charge in [-0.15, -0.1) is 0 Å². The summed E-state index contributed by atoms with van der Waals surface area (Å²) in [7, 11) is 3.63. The van der Waals surface area contributed by atoms with Crippen LogP contribution in [0.25, 0.3) is 0 Å². The second kappa shape index (κ2) is 6.11. The number of hydrogen-bond donors (Lipinski definition) is 0. The number of benzene rings is 1. The number of anilines is 1. The molecular weight excluding hydrogens is 230 g/mol. The Labute approximate surface area is 106 Å². The highest BCUT2D eigenvalue weighted by molar-refractivity contribution is 5.27. The van der Waals surface area contributed by atoms with Crippen LogP contribution >= 0.6 is 0 Å². The van der Waals surface area contributed by atoms with Crippen LogP contribution in [0.5, 0.6) is 0 Å². The number of nitrogens with zero attached hydrogens (tertiary/aromatic N) is 5. The SMILES string of the molecule is COCCN(C)c1nnnn1Cc1ccccc1. The van der Waals surface area contributed by atoms with Gasteiger partial charge in [-0.2, -0.15) is 0 Å². The van der Waals surface area contributed by atoms with Gasteiger partial charge in [0, 0.05) is 20.7 Å². The van der Waals surface area contributed by atoms with Crippen molar-refractivity contribution in [1.82, 2.24) is 20.2 Å². The summed E-state index contributed by atoms with van der Waals surface area (Å²) < 4.78 is 6.83. The molecule has 0 unspecified atom stereocenters. The molecule has 0 fully saturated rings. The van der Waals surface area contributed by atoms with Crippen molar-refractivity contribution in [3.8, 4) is 0 Å². The normalized spacial score (nSPS) is 10.6. The Kier molecular flexibility index (Phi) is 4.25. The van der Waals surface area contributed by atoms with E-state index in [1.807, 2.05) is 30.1 Å². The molecule has 0 spiro atoms. The molecule has 96 valence electrons. The van der Waals surface area contributed by atoms with E-state index in [1.165, 1.54) is 5.56 Å². The van der Waals surface area contributed by atoms with E-state index in [-0.39, 0.29) is 0 Å². The molecule has 18 heavy (non-hydrogen) atoms. The molecule has 0 saturated heterocycles. The molecule has 1 aromatic carbocycles. The average molecular weight is 247 g/mol. The topological polar surface area (TPSA) is 56.1 Å². The lowest BCUT2D eigenvalue weighted by molar-refractivity contribution is 0.206. The maximum absolute atomic E-state index is 5.05. The van der Waals surface area contributed by atoms with Crippen LogP contribution in [0.4, 0.5) is 5.95 Å². The molecular formula is C12H17N5O. The molecule has 0 aliphatic rings. The maximum Gasteiger partial charge on any atom is 0.245 e. The standard InChI is InChI=1S/C12H17N5O/c1-16(8-9-18-2)12-13-14-15-17(12)10-11-6-4-3-5-7-11/h3-7H,8-10H2,1-2H3. The molecule has 1 aromatic heterocycles. The first-order valence-corrected chi connectivity index (χ1v) is 5.81. The predicted molar refractivity (Wildman–Crippen MR) is 68.5 cm³/mol. The van der Waals surface area contributed by atoms with Crippen LogP contribution in [0.15, 0.2) is 30.3 Å². The zero-order valence-electron chi connectivity index (χ0n) is 10.7. The van der Waals surface area contributed by atoms with Crippen molar-refractivity contribution in [2.24, 2.45) is 0 Å². The van der Waals surface area contributed by atoms with Gasteiger partial charge in [-0.05, 0) is 16.0 Å². The summed E-state index contributed by atoms with van der Waals surface area (Å²) in [6.45, 7) is 2.07. The highest BCUT2D eigenvalue weighted by Crippen LogP contribution is 2.09. The van der Waals surface area contributed by atoms with E-state index in [0.717, 1.165) is 12.5 Å². The summed E-state index contributed by atoms with van der Waals surface area (Å²) in [6, 6.07) is 10.1. The minimum absolute atomic E-state index is 0.648. The first kappa shape index (κ1) is 12.5. The minimum atomic E-state index is 0.648. The van der Waals surface area contributed by atoms with Crippen LogP contribution < -0.4 is 4.90 Å². The number of methoxy groups -OCH3 is 1. The maximum atomic E-state index is 5.05. The Balaban J connectivity index is 2.08. The van der Waals surface area contributed by atoms with E-state index < -0.39 is 0 Å². The summed E-state index contributed by atoms with van der Waals surface area (Å²) in [6.07, 6.45) is 0. The average Bonchev–Trinajstić information content (AvgIpc) is 2.85. The van der Waals surface area contributed by atoms with Crippen molar-refractivity contribution in [1.29, 1.82) is 0 Å². The molecule has 0 amide bonds. The monoisotopic (exact) mass is 247 g/mol. The van der Waals surface area contributed by atoms with Crippen molar-refractivity contribution in [2.45, 2.75) is 6.54 Å². The number of likely N-dealkylation sites (N-methyl/N-ethyl adjacent to an activating group) is 1. The van der Waals surface area contributed by atoms with Gasteiger partial charge in [-0.1, -0.05) is 35.4 Å². The Morgan fingerprint density at radius 2 is 2.06 bits per heavy atom. The quantitative estimate of drug-likeness (QED) is 0.756. The third kappa shape index (κ3) is 3.04. The molecule has 0 atom stereocenters. The van der Waals surface area contributed by atoms with Gasteiger partial charge >= 0.3 is 0 Å². The number of tetrazole rings is 1. The summed E-state index contributed by atoms with van der Waals surface area (Å²) in [5.41, 5.74) is 1.17. The van der Waals surface area contributed by atoms with Crippen LogP contribution in [-0.2, 0) is 11.3 Å². The summed E-state index contributed by atoms with van der Waals surface area (Å²) in [5, 5.41) is 11.8. The van der Waals surface area contributed by atoms with E-state index >= 15 is 0 Å². The molecule has 0 saturated carbocycles. The van der Waals surface area contributed by atoms with Gasteiger partial charge in [0.15, 0.2) is 0 Å². The lowest BCUT2D eigenvalue weighted by Gasteiger charge is -2.16. The summed E-state index contributed by atoms with van der Waals surface area (Å²) in [5.74, 6) is 0.746. The van der Waals surface area contributed by atoms with Crippen LogP contribution in [-0.4, -0.2) is 47.5 Å². The Morgan fingerprint density at radius 3 is 2.78 bits per heavy atom. The van der Waals surface area contributed by atoms with E-state index in [4.69, 9.17) is 4.74 Å². The zero-order valence-corrected chi connectivity index (χ0v) is 10.7. The molecule has 0 N–H and O–H groups in total. The van der Waals surface area contributed by atoms with Gasteiger partial charge in [0.05, 0.1) is 13.2 Å². The van der Waals surface area contributed by atoms with Crippen LogP contribution in [0.2, 0.25) is 0 Å². The molecule has 2 rings (SSSR count). The molecule has 0 aliphatic heterocycles. The smallest absolute Gasteiger partial charge is 0.245 e. The second-order valence-electron chi connectivity index (χ2n) is 4.04. The highest BCUT2D eigenvalue weighted by atomic mass is 16.5. The van der Waals surface area contributed by atoms with Gasteiger partial charge in [0.1, 0.15) is 0 Å². The van der Waals surface area contributed by atoms with Crippen LogP contribution in [0, 0.1) is 0 Å². The lowest BCUT2D eigenvalue weighted by Crippen LogP contribution is -2.26. The molecule has 2 aromatic rings. The van der Waals surface area contributed by atoms with Crippen molar-refractivity contribution < 1.29 is 4.74 Å². The van der Waals surface area contributed by atoms with Gasteiger partial charge in [0.2, 0.25) is 5.95 Å². The molecule has 0 aliphatic carbocycles. The summed E-state index contributed by atoms with van der Waals surface area (Å²) in [4.78, 5) is 1.98. The molecule has 6 heteroatoms. The van der Waals surface area contributed by atoms with E-state index in [0.29, 0.717) is 13.2 Å². The van der Waals surface area contributed by atoms with Crippen molar-refractivity contribution in [3.05, 3.63) is 35.9 Å².